The van der Waals surface area contributed by atoms with E-state index in [0.29, 0.717) is 5.57 Å². The van der Waals surface area contributed by atoms with Crippen molar-refractivity contribution in [2.45, 2.75) is 0 Å². The van der Waals surface area contributed by atoms with E-state index in [9.17, 15) is 4.79 Å². The molecule has 1 amide bonds. The molecule has 0 aliphatic heterocycles. The van der Waals surface area contributed by atoms with E-state index in [-0.39, 0.29) is 0 Å². The summed E-state index contributed by atoms with van der Waals surface area (Å²) in [6, 6.07) is 17.5. The number of carbonyl (C=O) groups is 1. The van der Waals surface area contributed by atoms with Gasteiger partial charge in [-0.2, -0.15) is 0 Å². The van der Waals surface area contributed by atoms with E-state index in [1.807, 2.05) is 54.6 Å². The topological polar surface area (TPSA) is 56.0 Å². The summed E-state index contributed by atoms with van der Waals surface area (Å²) in [6.07, 6.45) is 5.17. The molecule has 102 valence electrons. The minimum atomic E-state index is -0.442. The first-order chi connectivity index (χ1) is 10.3. The fourth-order valence-electron chi connectivity index (χ4n) is 2.37. The molecule has 0 spiro atoms. The van der Waals surface area contributed by atoms with E-state index in [2.05, 4.69) is 4.98 Å². The highest BCUT2D eigenvalue weighted by Gasteiger charge is 2.11. The third kappa shape index (κ3) is 2.67. The molecule has 1 aromatic heterocycles. The molecular weight excluding hydrogens is 260 g/mol. The molecule has 21 heavy (non-hydrogen) atoms. The van der Waals surface area contributed by atoms with Crippen molar-refractivity contribution >= 4 is 28.3 Å². The van der Waals surface area contributed by atoms with Gasteiger partial charge in [0.1, 0.15) is 0 Å². The summed E-state index contributed by atoms with van der Waals surface area (Å²) in [5, 5.41) is 2.09. The molecule has 0 aliphatic carbocycles. The molecule has 2 aromatic carbocycles. The zero-order chi connectivity index (χ0) is 14.7. The lowest BCUT2D eigenvalue weighted by Crippen LogP contribution is -2.13. The van der Waals surface area contributed by atoms with E-state index >= 15 is 0 Å². The minimum absolute atomic E-state index is 0.442. The first kappa shape index (κ1) is 13.1. The Balaban J connectivity index is 2.22. The van der Waals surface area contributed by atoms with Crippen LogP contribution >= 0.6 is 0 Å². The second-order valence-electron chi connectivity index (χ2n) is 4.73. The number of amides is 1. The fourth-order valence-corrected chi connectivity index (χ4v) is 2.37. The quantitative estimate of drug-likeness (QED) is 0.745. The predicted octanol–water partition coefficient (Wildman–Crippen LogP) is 3.26. The Morgan fingerprint density at radius 1 is 0.952 bits per heavy atom. The predicted molar refractivity (Wildman–Crippen MR) is 85.3 cm³/mol. The summed E-state index contributed by atoms with van der Waals surface area (Å²) in [7, 11) is 0. The van der Waals surface area contributed by atoms with Crippen molar-refractivity contribution in [2.75, 3.05) is 0 Å². The molecule has 0 atom stereocenters. The highest BCUT2D eigenvalue weighted by atomic mass is 16.1. The molecule has 3 aromatic rings. The van der Waals surface area contributed by atoms with Crippen molar-refractivity contribution in [2.24, 2.45) is 5.73 Å². The number of rotatable bonds is 3. The Morgan fingerprint density at radius 2 is 1.67 bits per heavy atom. The SMILES string of the molecule is NC(=O)/C(=C/c1ccncc1)c1cccc2ccccc12. The maximum absolute atomic E-state index is 11.9. The zero-order valence-corrected chi connectivity index (χ0v) is 11.4. The van der Waals surface area contributed by atoms with Crippen molar-refractivity contribution in [3.8, 4) is 0 Å². The van der Waals surface area contributed by atoms with Gasteiger partial charge >= 0.3 is 0 Å². The number of pyridine rings is 1. The van der Waals surface area contributed by atoms with Gasteiger partial charge in [0.05, 0.1) is 0 Å². The minimum Gasteiger partial charge on any atom is -0.366 e. The van der Waals surface area contributed by atoms with Crippen molar-refractivity contribution in [1.82, 2.24) is 4.98 Å². The Labute approximate surface area is 122 Å². The molecule has 2 N–H and O–H groups in total. The summed E-state index contributed by atoms with van der Waals surface area (Å²) in [5.41, 5.74) is 7.82. The number of benzene rings is 2. The van der Waals surface area contributed by atoms with Gasteiger partial charge in [0, 0.05) is 18.0 Å². The van der Waals surface area contributed by atoms with Crippen LogP contribution in [0.15, 0.2) is 67.0 Å². The molecule has 0 bridgehead atoms. The van der Waals surface area contributed by atoms with Crippen molar-refractivity contribution in [3.63, 3.8) is 0 Å². The van der Waals surface area contributed by atoms with Crippen LogP contribution in [-0.2, 0) is 4.79 Å². The first-order valence-electron chi connectivity index (χ1n) is 6.65. The average molecular weight is 274 g/mol. The van der Waals surface area contributed by atoms with Gasteiger partial charge in [-0.15, -0.1) is 0 Å². The zero-order valence-electron chi connectivity index (χ0n) is 11.4. The Hall–Kier alpha value is -2.94. The highest BCUT2D eigenvalue weighted by molar-refractivity contribution is 6.26. The van der Waals surface area contributed by atoms with Crippen LogP contribution in [0, 0.1) is 0 Å². The lowest BCUT2D eigenvalue weighted by atomic mass is 9.96. The number of aromatic nitrogens is 1. The fraction of sp³-hybridized carbons (Fsp3) is 0. The molecule has 0 saturated carbocycles. The monoisotopic (exact) mass is 274 g/mol. The third-order valence-electron chi connectivity index (χ3n) is 3.36. The third-order valence-corrected chi connectivity index (χ3v) is 3.36. The van der Waals surface area contributed by atoms with Crippen molar-refractivity contribution < 1.29 is 4.79 Å². The Kier molecular flexibility index (Phi) is 3.48. The summed E-state index contributed by atoms with van der Waals surface area (Å²) in [5.74, 6) is -0.442. The van der Waals surface area contributed by atoms with Gasteiger partial charge in [0.25, 0.3) is 0 Å². The standard InChI is InChI=1S/C18H14N2O/c19-18(21)17(12-13-8-10-20-11-9-13)16-7-3-5-14-4-1-2-6-15(14)16/h1-12H,(H2,19,21)/b17-12+. The smallest absolute Gasteiger partial charge is 0.249 e. The first-order valence-corrected chi connectivity index (χ1v) is 6.65. The Morgan fingerprint density at radius 3 is 2.43 bits per heavy atom. The highest BCUT2D eigenvalue weighted by Crippen LogP contribution is 2.26. The second-order valence-corrected chi connectivity index (χ2v) is 4.73. The van der Waals surface area contributed by atoms with E-state index < -0.39 is 5.91 Å². The summed E-state index contributed by atoms with van der Waals surface area (Å²) < 4.78 is 0. The van der Waals surface area contributed by atoms with Gasteiger partial charge in [0.2, 0.25) is 5.91 Å². The molecule has 0 fully saturated rings. The van der Waals surface area contributed by atoms with Crippen LogP contribution < -0.4 is 5.73 Å². The summed E-state index contributed by atoms with van der Waals surface area (Å²) >= 11 is 0. The number of hydrogen-bond donors (Lipinski definition) is 1. The molecule has 1 heterocycles. The van der Waals surface area contributed by atoms with Gasteiger partial charge in [-0.05, 0) is 40.1 Å². The van der Waals surface area contributed by atoms with Crippen molar-refractivity contribution in [3.05, 3.63) is 78.1 Å². The number of primary amides is 1. The van der Waals surface area contributed by atoms with Crippen LogP contribution in [0.5, 0.6) is 0 Å². The molecule has 0 saturated heterocycles. The van der Waals surface area contributed by atoms with Crippen LogP contribution in [0.25, 0.3) is 22.4 Å². The lowest BCUT2D eigenvalue weighted by Gasteiger charge is -2.08. The number of fused-ring (bicyclic) bond motifs is 1. The lowest BCUT2D eigenvalue weighted by molar-refractivity contribution is -0.112. The second kappa shape index (κ2) is 5.59. The molecule has 3 heteroatoms. The number of nitrogens with zero attached hydrogens (tertiary/aromatic N) is 1. The molecule has 3 rings (SSSR count). The maximum Gasteiger partial charge on any atom is 0.249 e. The van der Waals surface area contributed by atoms with E-state index in [1.165, 1.54) is 0 Å². The van der Waals surface area contributed by atoms with Crippen LogP contribution in [0.2, 0.25) is 0 Å². The van der Waals surface area contributed by atoms with Crippen LogP contribution in [-0.4, -0.2) is 10.9 Å². The summed E-state index contributed by atoms with van der Waals surface area (Å²) in [4.78, 5) is 15.9. The van der Waals surface area contributed by atoms with Gasteiger partial charge in [-0.3, -0.25) is 9.78 Å². The largest absolute Gasteiger partial charge is 0.366 e. The van der Waals surface area contributed by atoms with E-state index in [0.717, 1.165) is 21.9 Å². The molecule has 0 unspecified atom stereocenters. The molecule has 0 aliphatic rings. The molecule has 3 nitrogen and oxygen atoms in total. The molecule has 0 radical (unpaired) electrons. The van der Waals surface area contributed by atoms with E-state index in [1.54, 1.807) is 18.5 Å². The van der Waals surface area contributed by atoms with Crippen LogP contribution in [0.3, 0.4) is 0 Å². The van der Waals surface area contributed by atoms with Gasteiger partial charge in [-0.1, -0.05) is 42.5 Å². The summed E-state index contributed by atoms with van der Waals surface area (Å²) in [6.45, 7) is 0. The maximum atomic E-state index is 11.9. The normalized spacial score (nSPS) is 11.5. The Bertz CT molecular complexity index is 818. The van der Waals surface area contributed by atoms with Crippen molar-refractivity contribution in [1.29, 1.82) is 0 Å². The average Bonchev–Trinajstić information content (AvgIpc) is 2.53. The van der Waals surface area contributed by atoms with Gasteiger partial charge in [0.15, 0.2) is 0 Å². The van der Waals surface area contributed by atoms with E-state index in [4.69, 9.17) is 5.73 Å². The van der Waals surface area contributed by atoms with Gasteiger partial charge in [-0.25, -0.2) is 0 Å². The number of carbonyl (C=O) groups excluding carboxylic acids is 1. The number of nitrogens with two attached hydrogens (primary N) is 1. The van der Waals surface area contributed by atoms with Gasteiger partial charge < -0.3 is 5.73 Å². The molecular formula is C18H14N2O. The number of hydrogen-bond acceptors (Lipinski definition) is 2. The van der Waals surface area contributed by atoms with Crippen LogP contribution in [0.4, 0.5) is 0 Å². The van der Waals surface area contributed by atoms with Crippen LogP contribution in [0.1, 0.15) is 11.1 Å².